The number of carbonyl (C=O) groups excluding carboxylic acids is 1. The molecule has 4 nitrogen and oxygen atoms in total. The molecule has 2 rings (SSSR count). The first kappa shape index (κ1) is 19.0. The maximum Gasteiger partial charge on any atom is 0.252 e. The first-order valence-corrected chi connectivity index (χ1v) is 8.26. The van der Waals surface area contributed by atoms with Crippen molar-refractivity contribution < 1.29 is 18.3 Å². The normalized spacial score (nSPS) is 13.3. The Morgan fingerprint density at radius 2 is 1.96 bits per heavy atom. The minimum absolute atomic E-state index is 0.220. The van der Waals surface area contributed by atoms with Crippen LogP contribution >= 0.6 is 0 Å². The van der Waals surface area contributed by atoms with Gasteiger partial charge in [0.1, 0.15) is 6.10 Å². The van der Waals surface area contributed by atoms with Gasteiger partial charge in [-0.1, -0.05) is 12.1 Å². The maximum absolute atomic E-state index is 13.8. The number of carbonyl (C=O) groups is 1. The second-order valence-electron chi connectivity index (χ2n) is 5.58. The van der Waals surface area contributed by atoms with Crippen LogP contribution in [0.5, 0.6) is 0 Å². The lowest BCUT2D eigenvalue weighted by Crippen LogP contribution is -2.42. The van der Waals surface area contributed by atoms with Gasteiger partial charge in [0.05, 0.1) is 6.04 Å². The van der Waals surface area contributed by atoms with Crippen LogP contribution in [0.15, 0.2) is 42.7 Å². The Kier molecular flexibility index (Phi) is 6.58. The Balaban J connectivity index is 2.49. The molecule has 25 heavy (non-hydrogen) atoms. The van der Waals surface area contributed by atoms with Gasteiger partial charge in [-0.3, -0.25) is 9.78 Å². The summed E-state index contributed by atoms with van der Waals surface area (Å²) < 4.78 is 32.5. The third-order valence-electron chi connectivity index (χ3n) is 3.96. The van der Waals surface area contributed by atoms with Crippen molar-refractivity contribution in [2.24, 2.45) is 0 Å². The fraction of sp³-hybridized carbons (Fsp3) is 0.368. The summed E-state index contributed by atoms with van der Waals surface area (Å²) >= 11 is 0. The topological polar surface area (TPSA) is 42.4 Å². The molecule has 0 aliphatic carbocycles. The molecule has 1 aromatic carbocycles. The number of halogens is 2. The highest BCUT2D eigenvalue weighted by atomic mass is 19.2. The van der Waals surface area contributed by atoms with Crippen molar-refractivity contribution in [1.29, 1.82) is 0 Å². The molecule has 0 fully saturated rings. The van der Waals surface area contributed by atoms with Crippen molar-refractivity contribution in [3.63, 3.8) is 0 Å². The predicted octanol–water partition coefficient (Wildman–Crippen LogP) is 3.72. The molecule has 0 N–H and O–H groups in total. The molecule has 1 heterocycles. The lowest BCUT2D eigenvalue weighted by atomic mass is 9.97. The van der Waals surface area contributed by atoms with Crippen molar-refractivity contribution in [2.75, 3.05) is 13.2 Å². The number of amides is 1. The van der Waals surface area contributed by atoms with E-state index in [1.807, 2.05) is 13.8 Å². The number of likely N-dealkylation sites (N-methyl/N-ethyl adjacent to an activating group) is 1. The van der Waals surface area contributed by atoms with E-state index in [0.717, 1.165) is 12.1 Å². The fourth-order valence-corrected chi connectivity index (χ4v) is 2.79. The molecule has 0 bridgehead atoms. The lowest BCUT2D eigenvalue weighted by Gasteiger charge is -2.33. The Morgan fingerprint density at radius 3 is 2.52 bits per heavy atom. The highest BCUT2D eigenvalue weighted by Crippen LogP contribution is 2.30. The zero-order chi connectivity index (χ0) is 18.4. The van der Waals surface area contributed by atoms with E-state index in [0.29, 0.717) is 24.3 Å². The van der Waals surface area contributed by atoms with Gasteiger partial charge >= 0.3 is 0 Å². The fourth-order valence-electron chi connectivity index (χ4n) is 2.79. The quantitative estimate of drug-likeness (QED) is 0.766. The van der Waals surface area contributed by atoms with Gasteiger partial charge in [0, 0.05) is 25.5 Å². The van der Waals surface area contributed by atoms with Gasteiger partial charge in [-0.15, -0.1) is 0 Å². The summed E-state index contributed by atoms with van der Waals surface area (Å²) in [5.74, 6) is -2.10. The standard InChI is InChI=1S/C19H22F2N2O2/c1-4-23(19(24)13(3)25-5-2)18(15-7-6-10-22-12-15)14-8-9-16(20)17(21)11-14/h6-13,18H,4-5H2,1-3H3/t13-,18+/m0/s1. The lowest BCUT2D eigenvalue weighted by molar-refractivity contribution is -0.144. The minimum atomic E-state index is -0.951. The zero-order valence-corrected chi connectivity index (χ0v) is 14.6. The summed E-state index contributed by atoms with van der Waals surface area (Å²) in [6.45, 7) is 6.12. The molecule has 2 atom stereocenters. The minimum Gasteiger partial charge on any atom is -0.369 e. The average molecular weight is 348 g/mol. The van der Waals surface area contributed by atoms with Gasteiger partial charge in [0.25, 0.3) is 5.91 Å². The van der Waals surface area contributed by atoms with Crippen LogP contribution in [0, 0.1) is 11.6 Å². The molecular weight excluding hydrogens is 326 g/mol. The van der Waals surface area contributed by atoms with Crippen LogP contribution in [-0.2, 0) is 9.53 Å². The Bertz CT molecular complexity index is 710. The number of rotatable bonds is 7. The average Bonchev–Trinajstić information content (AvgIpc) is 2.62. The highest BCUT2D eigenvalue weighted by molar-refractivity contribution is 5.81. The van der Waals surface area contributed by atoms with Crippen LogP contribution in [0.25, 0.3) is 0 Å². The number of hydrogen-bond donors (Lipinski definition) is 0. The summed E-state index contributed by atoms with van der Waals surface area (Å²) in [7, 11) is 0. The van der Waals surface area contributed by atoms with E-state index in [1.165, 1.54) is 6.07 Å². The van der Waals surface area contributed by atoms with Crippen LogP contribution in [0.1, 0.15) is 37.9 Å². The molecule has 0 spiro atoms. The molecule has 0 saturated carbocycles. The molecule has 1 amide bonds. The highest BCUT2D eigenvalue weighted by Gasteiger charge is 2.29. The van der Waals surface area contributed by atoms with E-state index < -0.39 is 23.8 Å². The summed E-state index contributed by atoms with van der Waals surface area (Å²) in [4.78, 5) is 18.5. The summed E-state index contributed by atoms with van der Waals surface area (Å²) in [6, 6.07) is 6.64. The van der Waals surface area contributed by atoms with E-state index in [-0.39, 0.29) is 5.91 Å². The van der Waals surface area contributed by atoms with Crippen LogP contribution in [0.3, 0.4) is 0 Å². The van der Waals surface area contributed by atoms with E-state index in [2.05, 4.69) is 4.98 Å². The largest absolute Gasteiger partial charge is 0.369 e. The van der Waals surface area contributed by atoms with Gasteiger partial charge < -0.3 is 9.64 Å². The second kappa shape index (κ2) is 8.67. The second-order valence-corrected chi connectivity index (χ2v) is 5.58. The smallest absolute Gasteiger partial charge is 0.252 e. The molecule has 1 aromatic heterocycles. The Labute approximate surface area is 146 Å². The van der Waals surface area contributed by atoms with E-state index in [9.17, 15) is 13.6 Å². The molecule has 0 saturated heterocycles. The molecule has 134 valence electrons. The summed E-state index contributed by atoms with van der Waals surface area (Å²) in [6.07, 6.45) is 2.61. The number of pyridine rings is 1. The Hall–Kier alpha value is -2.34. The first-order valence-electron chi connectivity index (χ1n) is 8.26. The zero-order valence-electron chi connectivity index (χ0n) is 14.6. The number of aromatic nitrogens is 1. The van der Waals surface area contributed by atoms with Gasteiger partial charge in [-0.25, -0.2) is 8.78 Å². The van der Waals surface area contributed by atoms with Crippen molar-refractivity contribution in [3.8, 4) is 0 Å². The third kappa shape index (κ3) is 4.39. The molecule has 0 aliphatic heterocycles. The number of ether oxygens (including phenoxy) is 1. The first-order chi connectivity index (χ1) is 12.0. The van der Waals surface area contributed by atoms with Gasteiger partial charge in [-0.2, -0.15) is 0 Å². The van der Waals surface area contributed by atoms with Gasteiger partial charge in [-0.05, 0) is 50.1 Å². The summed E-state index contributed by atoms with van der Waals surface area (Å²) in [5, 5.41) is 0. The van der Waals surface area contributed by atoms with Crippen LogP contribution in [0.4, 0.5) is 8.78 Å². The maximum atomic E-state index is 13.8. The van der Waals surface area contributed by atoms with Crippen molar-refractivity contribution in [2.45, 2.75) is 32.9 Å². The van der Waals surface area contributed by atoms with Crippen LogP contribution in [0.2, 0.25) is 0 Å². The molecular formula is C19H22F2N2O2. The monoisotopic (exact) mass is 348 g/mol. The molecule has 0 radical (unpaired) electrons. The SMILES string of the molecule is CCO[C@@H](C)C(=O)N(CC)[C@@H](c1cccnc1)c1ccc(F)c(F)c1. The van der Waals surface area contributed by atoms with Crippen LogP contribution < -0.4 is 0 Å². The number of benzene rings is 1. The third-order valence-corrected chi connectivity index (χ3v) is 3.96. The van der Waals surface area contributed by atoms with Gasteiger partial charge in [0.2, 0.25) is 0 Å². The molecule has 0 aliphatic rings. The number of nitrogens with zero attached hydrogens (tertiary/aromatic N) is 2. The van der Waals surface area contributed by atoms with Crippen LogP contribution in [-0.4, -0.2) is 35.0 Å². The van der Waals surface area contributed by atoms with Crippen molar-refractivity contribution >= 4 is 5.91 Å². The predicted molar refractivity (Wildman–Crippen MR) is 90.9 cm³/mol. The summed E-state index contributed by atoms with van der Waals surface area (Å²) in [5.41, 5.74) is 1.19. The van der Waals surface area contributed by atoms with E-state index >= 15 is 0 Å². The van der Waals surface area contributed by atoms with Gasteiger partial charge in [0.15, 0.2) is 11.6 Å². The number of hydrogen-bond acceptors (Lipinski definition) is 3. The molecule has 2 aromatic rings. The van der Waals surface area contributed by atoms with E-state index in [1.54, 1.807) is 36.4 Å². The Morgan fingerprint density at radius 1 is 1.20 bits per heavy atom. The van der Waals surface area contributed by atoms with Crippen molar-refractivity contribution in [1.82, 2.24) is 9.88 Å². The molecule has 0 unspecified atom stereocenters. The van der Waals surface area contributed by atoms with Crippen molar-refractivity contribution in [3.05, 3.63) is 65.5 Å². The van der Waals surface area contributed by atoms with E-state index in [4.69, 9.17) is 4.74 Å². The molecule has 6 heteroatoms.